The molecule has 0 aromatic carbocycles. The van der Waals surface area contributed by atoms with E-state index in [9.17, 15) is 0 Å². The van der Waals surface area contributed by atoms with Crippen LogP contribution in [0.3, 0.4) is 0 Å². The van der Waals surface area contributed by atoms with Gasteiger partial charge >= 0.3 is 0 Å². The van der Waals surface area contributed by atoms with E-state index in [2.05, 4.69) is 29.0 Å². The molecule has 0 aliphatic carbocycles. The molecule has 102 valence electrons. The Bertz CT molecular complexity index is 316. The number of hydrogen-bond donors (Lipinski definition) is 1. The molecule has 1 aromatic heterocycles. The molecule has 0 spiro atoms. The maximum absolute atomic E-state index is 5.28. The largest absolute Gasteiger partial charge is 0.468 e. The zero-order valence-electron chi connectivity index (χ0n) is 11.6. The Balaban J connectivity index is 1.55. The van der Waals surface area contributed by atoms with Gasteiger partial charge in [-0.05, 0) is 26.0 Å². The van der Waals surface area contributed by atoms with E-state index >= 15 is 0 Å². The van der Waals surface area contributed by atoms with Crippen LogP contribution in [-0.4, -0.2) is 55.1 Å². The van der Waals surface area contributed by atoms with E-state index < -0.39 is 0 Å². The molecule has 0 bridgehead atoms. The van der Waals surface area contributed by atoms with Crippen molar-refractivity contribution in [2.45, 2.75) is 26.4 Å². The average molecular weight is 251 g/mol. The lowest BCUT2D eigenvalue weighted by Crippen LogP contribution is -2.50. The van der Waals surface area contributed by atoms with Crippen LogP contribution in [0.1, 0.15) is 19.6 Å². The normalized spacial score (nSPS) is 18.6. The highest BCUT2D eigenvalue weighted by molar-refractivity contribution is 4.97. The molecule has 0 unspecified atom stereocenters. The molecule has 0 atom stereocenters. The lowest BCUT2D eigenvalue weighted by atomic mass is 10.2. The van der Waals surface area contributed by atoms with Gasteiger partial charge in [-0.1, -0.05) is 0 Å². The summed E-state index contributed by atoms with van der Waals surface area (Å²) in [5.74, 6) is 1.01. The number of furan rings is 1. The fourth-order valence-corrected chi connectivity index (χ4v) is 2.37. The van der Waals surface area contributed by atoms with E-state index in [0.29, 0.717) is 6.04 Å². The van der Waals surface area contributed by atoms with Gasteiger partial charge in [-0.2, -0.15) is 0 Å². The minimum absolute atomic E-state index is 0.684. The molecule has 4 nitrogen and oxygen atoms in total. The van der Waals surface area contributed by atoms with E-state index in [1.54, 1.807) is 6.26 Å². The van der Waals surface area contributed by atoms with Gasteiger partial charge in [0.2, 0.25) is 0 Å². The van der Waals surface area contributed by atoms with Crippen LogP contribution in [0.4, 0.5) is 0 Å². The van der Waals surface area contributed by atoms with Crippen LogP contribution >= 0.6 is 0 Å². The van der Waals surface area contributed by atoms with Crippen LogP contribution in [0.25, 0.3) is 0 Å². The van der Waals surface area contributed by atoms with Gasteiger partial charge in [-0.15, -0.1) is 0 Å². The van der Waals surface area contributed by atoms with Crippen molar-refractivity contribution in [2.24, 2.45) is 0 Å². The topological polar surface area (TPSA) is 31.6 Å². The summed E-state index contributed by atoms with van der Waals surface area (Å²) < 4.78 is 5.28. The molecule has 1 saturated heterocycles. The third-order valence-electron chi connectivity index (χ3n) is 3.62. The molecular formula is C14H25N3O. The third-order valence-corrected chi connectivity index (χ3v) is 3.62. The minimum Gasteiger partial charge on any atom is -0.468 e. The fourth-order valence-electron chi connectivity index (χ4n) is 2.37. The molecule has 1 aromatic rings. The first kappa shape index (κ1) is 13.6. The van der Waals surface area contributed by atoms with Crippen molar-refractivity contribution in [2.75, 3.05) is 39.3 Å². The van der Waals surface area contributed by atoms with Crippen LogP contribution in [-0.2, 0) is 6.54 Å². The van der Waals surface area contributed by atoms with Gasteiger partial charge in [-0.25, -0.2) is 0 Å². The number of hydrogen-bond acceptors (Lipinski definition) is 4. The Labute approximate surface area is 110 Å². The Hall–Kier alpha value is -0.840. The van der Waals surface area contributed by atoms with Crippen molar-refractivity contribution in [1.82, 2.24) is 15.1 Å². The zero-order valence-corrected chi connectivity index (χ0v) is 11.6. The zero-order chi connectivity index (χ0) is 12.8. The lowest BCUT2D eigenvalue weighted by molar-refractivity contribution is 0.109. The number of nitrogens with one attached hydrogen (secondary N) is 1. The molecule has 2 rings (SSSR count). The van der Waals surface area contributed by atoms with Crippen LogP contribution < -0.4 is 5.32 Å². The van der Waals surface area contributed by atoms with E-state index in [-0.39, 0.29) is 0 Å². The molecule has 18 heavy (non-hydrogen) atoms. The van der Waals surface area contributed by atoms with Crippen molar-refractivity contribution >= 4 is 0 Å². The molecule has 1 fully saturated rings. The maximum atomic E-state index is 5.28. The van der Waals surface area contributed by atoms with Crippen molar-refractivity contribution in [1.29, 1.82) is 0 Å². The Morgan fingerprint density at radius 1 is 1.28 bits per heavy atom. The second kappa shape index (κ2) is 6.92. The summed E-state index contributed by atoms with van der Waals surface area (Å²) in [5, 5.41) is 3.42. The van der Waals surface area contributed by atoms with Gasteiger partial charge < -0.3 is 9.73 Å². The Kier molecular flexibility index (Phi) is 5.23. The summed E-state index contributed by atoms with van der Waals surface area (Å²) in [6.45, 7) is 12.3. The molecule has 2 heterocycles. The first-order chi connectivity index (χ1) is 8.75. The number of nitrogens with zero attached hydrogens (tertiary/aromatic N) is 2. The number of rotatable bonds is 6. The van der Waals surface area contributed by atoms with Crippen LogP contribution in [0.15, 0.2) is 22.8 Å². The molecule has 1 aliphatic heterocycles. The highest BCUT2D eigenvalue weighted by Crippen LogP contribution is 2.05. The predicted octanol–water partition coefficient (Wildman–Crippen LogP) is 1.40. The van der Waals surface area contributed by atoms with Gasteiger partial charge in [0.15, 0.2) is 0 Å². The van der Waals surface area contributed by atoms with E-state index in [0.717, 1.165) is 25.4 Å². The second-order valence-corrected chi connectivity index (χ2v) is 5.23. The first-order valence-electron chi connectivity index (χ1n) is 6.95. The molecule has 4 heteroatoms. The summed E-state index contributed by atoms with van der Waals surface area (Å²) in [4.78, 5) is 5.08. The van der Waals surface area contributed by atoms with Crippen molar-refractivity contribution < 1.29 is 4.42 Å². The van der Waals surface area contributed by atoms with Crippen molar-refractivity contribution in [3.8, 4) is 0 Å². The average Bonchev–Trinajstić information content (AvgIpc) is 2.88. The first-order valence-corrected chi connectivity index (χ1v) is 6.95. The Morgan fingerprint density at radius 2 is 2.06 bits per heavy atom. The van der Waals surface area contributed by atoms with Crippen molar-refractivity contribution in [3.05, 3.63) is 24.2 Å². The third kappa shape index (κ3) is 4.12. The summed E-state index contributed by atoms with van der Waals surface area (Å²) in [7, 11) is 0. The highest BCUT2D eigenvalue weighted by atomic mass is 16.3. The fraction of sp³-hybridized carbons (Fsp3) is 0.714. The predicted molar refractivity (Wildman–Crippen MR) is 73.6 cm³/mol. The molecule has 1 aliphatic rings. The molecule has 0 radical (unpaired) electrons. The van der Waals surface area contributed by atoms with E-state index in [1.807, 2.05) is 12.1 Å². The van der Waals surface area contributed by atoms with Gasteiger partial charge in [0, 0.05) is 45.3 Å². The molecule has 0 saturated carbocycles. The van der Waals surface area contributed by atoms with Gasteiger partial charge in [0.05, 0.1) is 12.8 Å². The monoisotopic (exact) mass is 251 g/mol. The molecule has 1 N–H and O–H groups in total. The number of piperazine rings is 1. The van der Waals surface area contributed by atoms with Crippen LogP contribution in [0.5, 0.6) is 0 Å². The second-order valence-electron chi connectivity index (χ2n) is 5.23. The molecular weight excluding hydrogens is 226 g/mol. The van der Waals surface area contributed by atoms with Crippen LogP contribution in [0, 0.1) is 0 Å². The van der Waals surface area contributed by atoms with Crippen LogP contribution in [0.2, 0.25) is 0 Å². The summed E-state index contributed by atoms with van der Waals surface area (Å²) in [6, 6.07) is 4.63. The van der Waals surface area contributed by atoms with Gasteiger partial charge in [-0.3, -0.25) is 9.80 Å². The summed E-state index contributed by atoms with van der Waals surface area (Å²) in [6.07, 6.45) is 1.72. The minimum atomic E-state index is 0.684. The maximum Gasteiger partial charge on any atom is 0.117 e. The quantitative estimate of drug-likeness (QED) is 0.774. The molecule has 0 amide bonds. The highest BCUT2D eigenvalue weighted by Gasteiger charge is 2.17. The smallest absolute Gasteiger partial charge is 0.117 e. The SMILES string of the molecule is CC(C)N1CCN(CCNCc2ccco2)CC1. The lowest BCUT2D eigenvalue weighted by Gasteiger charge is -2.36. The summed E-state index contributed by atoms with van der Waals surface area (Å²) in [5.41, 5.74) is 0. The van der Waals surface area contributed by atoms with Gasteiger partial charge in [0.1, 0.15) is 5.76 Å². The van der Waals surface area contributed by atoms with Gasteiger partial charge in [0.25, 0.3) is 0 Å². The Morgan fingerprint density at radius 3 is 2.67 bits per heavy atom. The van der Waals surface area contributed by atoms with Crippen molar-refractivity contribution in [3.63, 3.8) is 0 Å². The van der Waals surface area contributed by atoms with E-state index in [1.165, 1.54) is 26.2 Å². The standard InChI is InChI=1S/C14H25N3O/c1-13(2)17-9-7-16(8-10-17)6-5-15-12-14-4-3-11-18-14/h3-4,11,13,15H,5-10,12H2,1-2H3. The summed E-state index contributed by atoms with van der Waals surface area (Å²) >= 11 is 0. The van der Waals surface area contributed by atoms with E-state index in [4.69, 9.17) is 4.42 Å².